The van der Waals surface area contributed by atoms with E-state index in [1.54, 1.807) is 6.08 Å². The molecule has 148 valence electrons. The standard InChI is InChI=1S/C25H36O2/c1-7-10-22(24(26)27)16-14-19(2)11-8-12-20(3)15-17-23-21(4)13-9-18-25(23,5)6/h8,11-12,14-17H,7,9-10,13,18H2,1-6H3,(H,26,27). The Kier molecular flexibility index (Phi) is 9.28. The molecule has 0 aromatic heterocycles. The predicted octanol–water partition coefficient (Wildman–Crippen LogP) is 7.33. The van der Waals surface area contributed by atoms with Crippen LogP contribution >= 0.6 is 0 Å². The quantitative estimate of drug-likeness (QED) is 0.360. The lowest BCUT2D eigenvalue weighted by Gasteiger charge is -2.32. The van der Waals surface area contributed by atoms with Crippen LogP contribution in [0.3, 0.4) is 0 Å². The van der Waals surface area contributed by atoms with E-state index in [0.29, 0.717) is 12.0 Å². The summed E-state index contributed by atoms with van der Waals surface area (Å²) in [6.45, 7) is 13.0. The van der Waals surface area contributed by atoms with Gasteiger partial charge in [0.2, 0.25) is 0 Å². The molecule has 1 N–H and O–H groups in total. The molecule has 0 spiro atoms. The van der Waals surface area contributed by atoms with Crippen LogP contribution in [0.1, 0.15) is 73.6 Å². The molecule has 2 nitrogen and oxygen atoms in total. The van der Waals surface area contributed by atoms with E-state index in [-0.39, 0.29) is 5.41 Å². The fraction of sp³-hybridized carbons (Fsp3) is 0.480. The summed E-state index contributed by atoms with van der Waals surface area (Å²) in [5.41, 5.74) is 5.94. The van der Waals surface area contributed by atoms with E-state index < -0.39 is 5.97 Å². The van der Waals surface area contributed by atoms with Crippen molar-refractivity contribution < 1.29 is 9.90 Å². The van der Waals surface area contributed by atoms with Gasteiger partial charge in [0.15, 0.2) is 0 Å². The molecule has 1 aliphatic rings. The number of hydrogen-bond donors (Lipinski definition) is 1. The minimum atomic E-state index is -0.832. The summed E-state index contributed by atoms with van der Waals surface area (Å²) in [4.78, 5) is 11.1. The summed E-state index contributed by atoms with van der Waals surface area (Å²) >= 11 is 0. The van der Waals surface area contributed by atoms with E-state index in [4.69, 9.17) is 5.11 Å². The SMILES string of the molecule is CCCC(=CC=C(C)C=CC=C(C)C=CC1=C(C)CCCC1(C)C)C(=O)O. The van der Waals surface area contributed by atoms with E-state index in [1.807, 2.05) is 32.1 Å². The van der Waals surface area contributed by atoms with Crippen molar-refractivity contribution in [1.29, 1.82) is 0 Å². The largest absolute Gasteiger partial charge is 0.478 e. The molecular weight excluding hydrogens is 332 g/mol. The lowest BCUT2D eigenvalue weighted by atomic mass is 9.72. The monoisotopic (exact) mass is 368 g/mol. The van der Waals surface area contributed by atoms with Gasteiger partial charge in [0.05, 0.1) is 0 Å². The van der Waals surface area contributed by atoms with Crippen molar-refractivity contribution in [3.63, 3.8) is 0 Å². The minimum absolute atomic E-state index is 0.265. The number of carboxylic acids is 1. The maximum atomic E-state index is 11.1. The first-order chi connectivity index (χ1) is 12.7. The first-order valence-corrected chi connectivity index (χ1v) is 10.0. The fourth-order valence-electron chi connectivity index (χ4n) is 3.45. The molecule has 0 aliphatic heterocycles. The predicted molar refractivity (Wildman–Crippen MR) is 117 cm³/mol. The summed E-state index contributed by atoms with van der Waals surface area (Å²) in [7, 11) is 0. The minimum Gasteiger partial charge on any atom is -0.478 e. The van der Waals surface area contributed by atoms with E-state index in [1.165, 1.54) is 36.0 Å². The maximum absolute atomic E-state index is 11.1. The fourth-order valence-corrected chi connectivity index (χ4v) is 3.45. The van der Waals surface area contributed by atoms with Crippen molar-refractivity contribution in [3.8, 4) is 0 Å². The van der Waals surface area contributed by atoms with Crippen LogP contribution in [-0.4, -0.2) is 11.1 Å². The lowest BCUT2D eigenvalue weighted by molar-refractivity contribution is -0.132. The Hall–Kier alpha value is -2.09. The number of hydrogen-bond acceptors (Lipinski definition) is 1. The van der Waals surface area contributed by atoms with Crippen molar-refractivity contribution in [2.24, 2.45) is 5.41 Å². The summed E-state index contributed by atoms with van der Waals surface area (Å²) in [6.07, 6.45) is 19.3. The zero-order valence-electron chi connectivity index (χ0n) is 17.9. The first-order valence-electron chi connectivity index (χ1n) is 10.0. The van der Waals surface area contributed by atoms with Crippen LogP contribution in [-0.2, 0) is 4.79 Å². The molecule has 1 aliphatic carbocycles. The molecule has 0 aromatic carbocycles. The molecule has 0 amide bonds. The Morgan fingerprint density at radius 2 is 1.78 bits per heavy atom. The Bertz CT molecular complexity index is 707. The molecule has 0 fully saturated rings. The number of carboxylic acid groups (broad SMARTS) is 1. The molecule has 27 heavy (non-hydrogen) atoms. The second-order valence-electron chi connectivity index (χ2n) is 8.19. The smallest absolute Gasteiger partial charge is 0.331 e. The maximum Gasteiger partial charge on any atom is 0.331 e. The summed E-state index contributed by atoms with van der Waals surface area (Å²) in [5.74, 6) is -0.832. The van der Waals surface area contributed by atoms with Crippen molar-refractivity contribution in [2.45, 2.75) is 73.6 Å². The highest BCUT2D eigenvalue weighted by molar-refractivity contribution is 5.86. The van der Waals surface area contributed by atoms with Gasteiger partial charge >= 0.3 is 5.97 Å². The summed E-state index contributed by atoms with van der Waals surface area (Å²) in [5, 5.41) is 9.15. The average Bonchev–Trinajstić information content (AvgIpc) is 2.57. The van der Waals surface area contributed by atoms with Crippen molar-refractivity contribution in [1.82, 2.24) is 0 Å². The van der Waals surface area contributed by atoms with Gasteiger partial charge in [0.25, 0.3) is 0 Å². The summed E-state index contributed by atoms with van der Waals surface area (Å²) < 4.78 is 0. The van der Waals surface area contributed by atoms with Gasteiger partial charge in [-0.05, 0) is 57.4 Å². The van der Waals surface area contributed by atoms with Gasteiger partial charge in [0.1, 0.15) is 0 Å². The van der Waals surface area contributed by atoms with E-state index >= 15 is 0 Å². The van der Waals surface area contributed by atoms with Gasteiger partial charge in [-0.25, -0.2) is 4.79 Å². The molecule has 1 rings (SSSR count). The summed E-state index contributed by atoms with van der Waals surface area (Å²) in [6, 6.07) is 0. The molecule has 0 bridgehead atoms. The van der Waals surface area contributed by atoms with Crippen LogP contribution in [0.4, 0.5) is 0 Å². The van der Waals surface area contributed by atoms with Gasteiger partial charge in [-0.1, -0.05) is 86.4 Å². The molecule has 0 atom stereocenters. The molecule has 0 radical (unpaired) electrons. The highest BCUT2D eigenvalue weighted by Crippen LogP contribution is 2.40. The normalized spacial score (nSPS) is 19.4. The van der Waals surface area contributed by atoms with Crippen LogP contribution in [0.5, 0.6) is 0 Å². The first kappa shape index (κ1) is 23.0. The van der Waals surface area contributed by atoms with Gasteiger partial charge in [-0.3, -0.25) is 0 Å². The van der Waals surface area contributed by atoms with E-state index in [9.17, 15) is 4.79 Å². The van der Waals surface area contributed by atoms with Crippen LogP contribution < -0.4 is 0 Å². The van der Waals surface area contributed by atoms with Crippen molar-refractivity contribution in [2.75, 3.05) is 0 Å². The van der Waals surface area contributed by atoms with Crippen molar-refractivity contribution in [3.05, 3.63) is 70.4 Å². The molecule has 2 heteroatoms. The van der Waals surface area contributed by atoms with Gasteiger partial charge in [0, 0.05) is 5.57 Å². The average molecular weight is 369 g/mol. The molecule has 0 unspecified atom stereocenters. The van der Waals surface area contributed by atoms with Gasteiger partial charge in [-0.15, -0.1) is 0 Å². The third kappa shape index (κ3) is 7.99. The van der Waals surface area contributed by atoms with E-state index in [2.05, 4.69) is 45.9 Å². The second-order valence-corrected chi connectivity index (χ2v) is 8.19. The van der Waals surface area contributed by atoms with E-state index in [0.717, 1.165) is 12.0 Å². The molecular formula is C25H36O2. The second kappa shape index (κ2) is 10.9. The Morgan fingerprint density at radius 3 is 2.37 bits per heavy atom. The number of allylic oxidation sites excluding steroid dienone is 11. The zero-order chi connectivity index (χ0) is 20.4. The molecule has 0 aromatic rings. The molecule has 0 heterocycles. The lowest BCUT2D eigenvalue weighted by Crippen LogP contribution is -2.19. The molecule has 0 saturated carbocycles. The number of rotatable bonds is 8. The highest BCUT2D eigenvalue weighted by atomic mass is 16.4. The zero-order valence-corrected chi connectivity index (χ0v) is 17.9. The van der Waals surface area contributed by atoms with Crippen LogP contribution in [0.25, 0.3) is 0 Å². The number of aliphatic carboxylic acids is 1. The van der Waals surface area contributed by atoms with Gasteiger partial charge < -0.3 is 5.11 Å². The Labute approximate surface area is 165 Å². The highest BCUT2D eigenvalue weighted by Gasteiger charge is 2.26. The molecule has 0 saturated heterocycles. The number of carbonyl (C=O) groups is 1. The van der Waals surface area contributed by atoms with Gasteiger partial charge in [-0.2, -0.15) is 0 Å². The van der Waals surface area contributed by atoms with Crippen molar-refractivity contribution >= 4 is 5.97 Å². The van der Waals surface area contributed by atoms with Crippen LogP contribution in [0.2, 0.25) is 0 Å². The van der Waals surface area contributed by atoms with Crippen LogP contribution in [0.15, 0.2) is 70.4 Å². The Balaban J connectivity index is 2.79. The third-order valence-corrected chi connectivity index (χ3v) is 5.12. The third-order valence-electron chi connectivity index (χ3n) is 5.12. The van der Waals surface area contributed by atoms with Crippen LogP contribution in [0, 0.1) is 5.41 Å². The topological polar surface area (TPSA) is 37.3 Å². The Morgan fingerprint density at radius 1 is 1.11 bits per heavy atom.